The Hall–Kier alpha value is -0.450. The lowest BCUT2D eigenvalue weighted by molar-refractivity contribution is 0.118. The molecule has 1 N–H and O–H groups in total. The third kappa shape index (κ3) is 3.77. The first-order valence-corrected chi connectivity index (χ1v) is 7.42. The lowest BCUT2D eigenvalue weighted by Gasteiger charge is -2.28. The maximum atomic E-state index is 5.36. The van der Waals surface area contributed by atoms with Crippen molar-refractivity contribution in [1.82, 2.24) is 10.3 Å². The van der Waals surface area contributed by atoms with Gasteiger partial charge in [-0.25, -0.2) is 4.98 Å². The summed E-state index contributed by atoms with van der Waals surface area (Å²) in [4.78, 5) is 4.80. The van der Waals surface area contributed by atoms with E-state index in [0.29, 0.717) is 6.61 Å². The van der Waals surface area contributed by atoms with Crippen molar-refractivity contribution >= 4 is 11.3 Å². The van der Waals surface area contributed by atoms with Gasteiger partial charge in [0.05, 0.1) is 17.8 Å². The third-order valence-electron chi connectivity index (χ3n) is 2.94. The summed E-state index contributed by atoms with van der Waals surface area (Å²) in [6.45, 7) is 12.5. The van der Waals surface area contributed by atoms with Gasteiger partial charge in [-0.05, 0) is 19.9 Å². The minimum absolute atomic E-state index is 0.105. The molecule has 0 saturated heterocycles. The van der Waals surface area contributed by atoms with Gasteiger partial charge in [0.15, 0.2) is 0 Å². The molecule has 0 radical (unpaired) electrons. The number of hydrogen-bond donors (Lipinski definition) is 1. The van der Waals surface area contributed by atoms with Crippen LogP contribution in [0.5, 0.6) is 0 Å². The van der Waals surface area contributed by atoms with Gasteiger partial charge in [-0.3, -0.25) is 0 Å². The van der Waals surface area contributed by atoms with Gasteiger partial charge >= 0.3 is 0 Å². The summed E-state index contributed by atoms with van der Waals surface area (Å²) in [7, 11) is 1.74. The smallest absolute Gasteiger partial charge is 0.115 e. The number of thiazole rings is 1. The molecule has 18 heavy (non-hydrogen) atoms. The second-order valence-electron chi connectivity index (χ2n) is 5.98. The maximum Gasteiger partial charge on any atom is 0.115 e. The molecule has 0 aromatic carbocycles. The van der Waals surface area contributed by atoms with E-state index in [1.807, 2.05) is 0 Å². The lowest BCUT2D eigenvalue weighted by Crippen LogP contribution is -2.43. The van der Waals surface area contributed by atoms with E-state index in [2.05, 4.69) is 45.3 Å². The van der Waals surface area contributed by atoms with E-state index >= 15 is 0 Å². The quantitative estimate of drug-likeness (QED) is 0.861. The van der Waals surface area contributed by atoms with Crippen LogP contribution in [0.2, 0.25) is 0 Å². The number of methoxy groups -OCH3 is 1. The highest BCUT2D eigenvalue weighted by molar-refractivity contribution is 7.09. The van der Waals surface area contributed by atoms with Crippen LogP contribution in [0.4, 0.5) is 0 Å². The fourth-order valence-electron chi connectivity index (χ4n) is 1.75. The summed E-state index contributed by atoms with van der Waals surface area (Å²) >= 11 is 1.72. The molecule has 1 aromatic rings. The first-order valence-electron chi connectivity index (χ1n) is 6.54. The molecule has 3 nitrogen and oxygen atoms in total. The monoisotopic (exact) mass is 270 g/mol. The fourth-order valence-corrected chi connectivity index (χ4v) is 2.92. The fraction of sp³-hybridized carbons (Fsp3) is 0.786. The van der Waals surface area contributed by atoms with Gasteiger partial charge in [0, 0.05) is 17.9 Å². The highest BCUT2D eigenvalue weighted by atomic mass is 32.1. The van der Waals surface area contributed by atoms with E-state index in [1.165, 1.54) is 0 Å². The summed E-state index contributed by atoms with van der Waals surface area (Å²) in [5, 5.41) is 6.83. The van der Waals surface area contributed by atoms with E-state index in [9.17, 15) is 0 Å². The van der Waals surface area contributed by atoms with Crippen molar-refractivity contribution in [2.45, 2.75) is 52.0 Å². The summed E-state index contributed by atoms with van der Waals surface area (Å²) in [6, 6.07) is 0. The van der Waals surface area contributed by atoms with Gasteiger partial charge in [0.1, 0.15) is 5.01 Å². The normalized spacial score (nSPS) is 15.7. The first kappa shape index (κ1) is 15.6. The molecule has 0 amide bonds. The largest absolute Gasteiger partial charge is 0.382 e. The second-order valence-corrected chi connectivity index (χ2v) is 6.84. The summed E-state index contributed by atoms with van der Waals surface area (Å²) in [5.74, 6) is 0. The molecule has 1 rings (SSSR count). The van der Waals surface area contributed by atoms with Crippen LogP contribution in [0, 0.1) is 0 Å². The first-order chi connectivity index (χ1) is 8.33. The molecule has 4 heteroatoms. The molecular formula is C14H26N2OS. The van der Waals surface area contributed by atoms with Gasteiger partial charge in [-0.2, -0.15) is 0 Å². The molecule has 0 saturated carbocycles. The van der Waals surface area contributed by atoms with Crippen LogP contribution in [-0.2, 0) is 15.7 Å². The number of rotatable bonds is 6. The highest BCUT2D eigenvalue weighted by Gasteiger charge is 2.30. The van der Waals surface area contributed by atoms with Gasteiger partial charge in [-0.15, -0.1) is 11.3 Å². The Labute approximate surface area is 115 Å². The van der Waals surface area contributed by atoms with Crippen LogP contribution in [0.15, 0.2) is 5.38 Å². The zero-order valence-corrected chi connectivity index (χ0v) is 13.3. The van der Waals surface area contributed by atoms with Crippen LogP contribution in [0.1, 0.15) is 51.7 Å². The Balaban J connectivity index is 2.95. The van der Waals surface area contributed by atoms with Crippen molar-refractivity contribution in [3.63, 3.8) is 0 Å². The molecular weight excluding hydrogens is 244 g/mol. The van der Waals surface area contributed by atoms with Crippen molar-refractivity contribution in [2.24, 2.45) is 0 Å². The SMILES string of the molecule is CCCNC(C)(COC)c1nc(C(C)(C)C)cs1. The highest BCUT2D eigenvalue weighted by Crippen LogP contribution is 2.30. The molecule has 104 valence electrons. The number of nitrogens with one attached hydrogen (secondary N) is 1. The van der Waals surface area contributed by atoms with E-state index in [-0.39, 0.29) is 11.0 Å². The van der Waals surface area contributed by atoms with Crippen molar-refractivity contribution in [2.75, 3.05) is 20.3 Å². The standard InChI is InChI=1S/C14H26N2OS/c1-7-8-15-14(5,10-17-6)12-16-11(9-18-12)13(2,3)4/h9,15H,7-8,10H2,1-6H3. The summed E-state index contributed by atoms with van der Waals surface area (Å²) in [6.07, 6.45) is 1.11. The molecule has 0 aliphatic heterocycles. The number of aromatic nitrogens is 1. The third-order valence-corrected chi connectivity index (χ3v) is 4.05. The Morgan fingerprint density at radius 2 is 2.00 bits per heavy atom. The molecule has 1 unspecified atom stereocenters. The molecule has 1 heterocycles. The number of nitrogens with zero attached hydrogens (tertiary/aromatic N) is 1. The van der Waals surface area contributed by atoms with Gasteiger partial charge in [-0.1, -0.05) is 27.7 Å². The van der Waals surface area contributed by atoms with E-state index in [0.717, 1.165) is 23.7 Å². The van der Waals surface area contributed by atoms with E-state index in [4.69, 9.17) is 9.72 Å². The summed E-state index contributed by atoms with van der Waals surface area (Å²) in [5.41, 5.74) is 1.08. The van der Waals surface area contributed by atoms with Crippen LogP contribution in [0.25, 0.3) is 0 Å². The van der Waals surface area contributed by atoms with E-state index < -0.39 is 0 Å². The van der Waals surface area contributed by atoms with Crippen LogP contribution in [0.3, 0.4) is 0 Å². The maximum absolute atomic E-state index is 5.36. The van der Waals surface area contributed by atoms with Gasteiger partial charge < -0.3 is 10.1 Å². The van der Waals surface area contributed by atoms with Gasteiger partial charge in [0.2, 0.25) is 0 Å². The van der Waals surface area contributed by atoms with Crippen molar-refractivity contribution < 1.29 is 4.74 Å². The average molecular weight is 270 g/mol. The second kappa shape index (κ2) is 6.13. The molecule has 0 fully saturated rings. The molecule has 0 aliphatic rings. The Bertz CT molecular complexity index is 370. The number of hydrogen-bond acceptors (Lipinski definition) is 4. The molecule has 0 bridgehead atoms. The predicted molar refractivity (Wildman–Crippen MR) is 78.3 cm³/mol. The molecule has 1 aromatic heterocycles. The Morgan fingerprint density at radius 1 is 1.33 bits per heavy atom. The molecule has 1 atom stereocenters. The van der Waals surface area contributed by atoms with Crippen molar-refractivity contribution in [3.05, 3.63) is 16.1 Å². The van der Waals surface area contributed by atoms with Gasteiger partial charge in [0.25, 0.3) is 0 Å². The Morgan fingerprint density at radius 3 is 2.44 bits per heavy atom. The molecule has 0 aliphatic carbocycles. The average Bonchev–Trinajstić information content (AvgIpc) is 2.76. The topological polar surface area (TPSA) is 34.1 Å². The zero-order valence-electron chi connectivity index (χ0n) is 12.5. The minimum atomic E-state index is -0.182. The lowest BCUT2D eigenvalue weighted by atomic mass is 9.93. The Kier molecular flexibility index (Phi) is 5.32. The number of ether oxygens (including phenoxy) is 1. The van der Waals surface area contributed by atoms with Crippen LogP contribution in [-0.4, -0.2) is 25.2 Å². The summed E-state index contributed by atoms with van der Waals surface area (Å²) < 4.78 is 5.36. The molecule has 0 spiro atoms. The minimum Gasteiger partial charge on any atom is -0.382 e. The van der Waals surface area contributed by atoms with Crippen LogP contribution >= 0.6 is 11.3 Å². The zero-order chi connectivity index (χ0) is 13.8. The van der Waals surface area contributed by atoms with E-state index in [1.54, 1.807) is 18.4 Å². The van der Waals surface area contributed by atoms with Crippen molar-refractivity contribution in [1.29, 1.82) is 0 Å². The predicted octanol–water partition coefficient (Wildman–Crippen LogP) is 3.30. The van der Waals surface area contributed by atoms with Crippen molar-refractivity contribution in [3.8, 4) is 0 Å². The van der Waals surface area contributed by atoms with Crippen LogP contribution < -0.4 is 5.32 Å².